The maximum absolute atomic E-state index is 11.8. The van der Waals surface area contributed by atoms with E-state index in [0.717, 1.165) is 0 Å². The molecule has 9 heteroatoms. The Labute approximate surface area is 160 Å². The fraction of sp³-hybridized carbons (Fsp3) is 0.562. The van der Waals surface area contributed by atoms with E-state index in [-0.39, 0.29) is 49.7 Å². The Kier molecular flexibility index (Phi) is 11.9. The van der Waals surface area contributed by atoms with Crippen molar-refractivity contribution in [3.8, 4) is 5.75 Å². The number of aromatic nitrogens is 1. The topological polar surface area (TPSA) is 106 Å². The second kappa shape index (κ2) is 12.7. The highest BCUT2D eigenvalue weighted by atomic mass is 35.5. The molecular formula is C16H26Cl2N4O3. The first-order valence-electron chi connectivity index (χ1n) is 8.03. The van der Waals surface area contributed by atoms with Crippen molar-refractivity contribution in [3.05, 3.63) is 18.3 Å². The fourth-order valence-electron chi connectivity index (χ4n) is 2.59. The van der Waals surface area contributed by atoms with Gasteiger partial charge >= 0.3 is 0 Å². The van der Waals surface area contributed by atoms with Gasteiger partial charge in [0.1, 0.15) is 0 Å². The van der Waals surface area contributed by atoms with Crippen molar-refractivity contribution in [2.45, 2.75) is 32.1 Å². The van der Waals surface area contributed by atoms with E-state index in [1.807, 2.05) is 0 Å². The Morgan fingerprint density at radius 3 is 2.60 bits per heavy atom. The minimum Gasteiger partial charge on any atom is -0.489 e. The summed E-state index contributed by atoms with van der Waals surface area (Å²) in [4.78, 5) is 27.0. The van der Waals surface area contributed by atoms with Crippen LogP contribution in [0.4, 0.5) is 5.82 Å². The summed E-state index contributed by atoms with van der Waals surface area (Å²) in [6, 6.07) is 3.55. The Hall–Kier alpha value is -1.57. The molecule has 0 saturated heterocycles. The maximum Gasteiger partial charge on any atom is 0.245 e. The molecule has 1 aliphatic rings. The first kappa shape index (κ1) is 23.4. The molecule has 0 aromatic carbocycles. The second-order valence-corrected chi connectivity index (χ2v) is 5.69. The van der Waals surface area contributed by atoms with Crippen LogP contribution in [0.5, 0.6) is 5.75 Å². The number of halogens is 2. The molecule has 2 rings (SSSR count). The molecule has 0 radical (unpaired) electrons. The van der Waals surface area contributed by atoms with Crippen LogP contribution in [0.1, 0.15) is 32.1 Å². The van der Waals surface area contributed by atoms with Gasteiger partial charge in [-0.3, -0.25) is 9.59 Å². The number of nitrogens with zero attached hydrogens (tertiary/aromatic N) is 1. The zero-order valence-electron chi connectivity index (χ0n) is 14.0. The number of anilines is 1. The largest absolute Gasteiger partial charge is 0.489 e. The summed E-state index contributed by atoms with van der Waals surface area (Å²) in [5, 5.41) is 5.06. The molecule has 142 valence electrons. The number of hydrogen-bond donors (Lipinski definition) is 3. The Bertz CT molecular complexity index is 540. The van der Waals surface area contributed by atoms with Crippen LogP contribution in [-0.2, 0) is 9.59 Å². The van der Waals surface area contributed by atoms with Gasteiger partial charge in [0.05, 0.1) is 19.7 Å². The van der Waals surface area contributed by atoms with Gasteiger partial charge < -0.3 is 21.1 Å². The minimum absolute atomic E-state index is 0. The number of carbonyl (C=O) groups excluding carboxylic acids is 2. The lowest BCUT2D eigenvalue weighted by Gasteiger charge is -2.22. The van der Waals surface area contributed by atoms with Gasteiger partial charge in [0.15, 0.2) is 11.6 Å². The lowest BCUT2D eigenvalue weighted by Crippen LogP contribution is -2.36. The standard InChI is InChI=1S/C16H24N4O3.2ClH/c17-9-14(21)19-10-15(22)20-16-13(7-4-8-18-16)23-11-12-5-2-1-3-6-12;;/h4,7-8,12H,1-3,5-6,9-11,17H2,(H,19,21)(H,18,20,22);2*1H. The Balaban J connectivity index is 0.00000288. The molecule has 1 heterocycles. The summed E-state index contributed by atoms with van der Waals surface area (Å²) in [6.07, 6.45) is 7.78. The van der Waals surface area contributed by atoms with Crippen LogP contribution in [0, 0.1) is 5.92 Å². The number of nitrogens with one attached hydrogen (secondary N) is 2. The maximum atomic E-state index is 11.8. The fourth-order valence-corrected chi connectivity index (χ4v) is 2.59. The molecule has 1 aliphatic carbocycles. The summed E-state index contributed by atoms with van der Waals surface area (Å²) in [5.74, 6) is 0.742. The molecule has 1 fully saturated rings. The van der Waals surface area contributed by atoms with E-state index in [2.05, 4.69) is 15.6 Å². The molecule has 0 bridgehead atoms. The van der Waals surface area contributed by atoms with Gasteiger partial charge in [-0.1, -0.05) is 19.3 Å². The number of rotatable bonds is 7. The normalized spacial score (nSPS) is 13.8. The summed E-state index contributed by atoms with van der Waals surface area (Å²) >= 11 is 0. The first-order valence-corrected chi connectivity index (χ1v) is 8.03. The molecule has 1 aromatic rings. The van der Waals surface area contributed by atoms with E-state index in [4.69, 9.17) is 10.5 Å². The summed E-state index contributed by atoms with van der Waals surface area (Å²) < 4.78 is 5.84. The van der Waals surface area contributed by atoms with E-state index in [1.54, 1.807) is 18.3 Å². The molecule has 2 amide bonds. The van der Waals surface area contributed by atoms with Gasteiger partial charge in [-0.15, -0.1) is 24.8 Å². The smallest absolute Gasteiger partial charge is 0.245 e. The number of ether oxygens (including phenoxy) is 1. The van der Waals surface area contributed by atoms with Crippen molar-refractivity contribution in [1.29, 1.82) is 0 Å². The van der Waals surface area contributed by atoms with E-state index in [0.29, 0.717) is 24.1 Å². The van der Waals surface area contributed by atoms with Crippen LogP contribution in [0.25, 0.3) is 0 Å². The van der Waals surface area contributed by atoms with Crippen molar-refractivity contribution in [3.63, 3.8) is 0 Å². The van der Waals surface area contributed by atoms with Gasteiger partial charge in [0, 0.05) is 6.20 Å². The first-order chi connectivity index (χ1) is 11.2. The Morgan fingerprint density at radius 2 is 1.92 bits per heavy atom. The minimum atomic E-state index is -0.380. The molecular weight excluding hydrogens is 367 g/mol. The highest BCUT2D eigenvalue weighted by Gasteiger charge is 2.16. The zero-order chi connectivity index (χ0) is 16.5. The van der Waals surface area contributed by atoms with Crippen LogP contribution in [0.3, 0.4) is 0 Å². The van der Waals surface area contributed by atoms with Crippen molar-refractivity contribution >= 4 is 42.4 Å². The highest BCUT2D eigenvalue weighted by Crippen LogP contribution is 2.26. The van der Waals surface area contributed by atoms with Crippen molar-refractivity contribution in [2.75, 3.05) is 25.0 Å². The summed E-state index contributed by atoms with van der Waals surface area (Å²) in [5.41, 5.74) is 5.17. The van der Waals surface area contributed by atoms with E-state index < -0.39 is 0 Å². The van der Waals surface area contributed by atoms with E-state index in [1.165, 1.54) is 32.1 Å². The average Bonchev–Trinajstić information content (AvgIpc) is 2.59. The van der Waals surface area contributed by atoms with Gasteiger partial charge in [-0.05, 0) is 30.9 Å². The van der Waals surface area contributed by atoms with E-state index in [9.17, 15) is 9.59 Å². The zero-order valence-corrected chi connectivity index (χ0v) is 15.7. The molecule has 1 aromatic heterocycles. The summed E-state index contributed by atoms with van der Waals surface area (Å²) in [7, 11) is 0. The number of amides is 2. The lowest BCUT2D eigenvalue weighted by molar-refractivity contribution is -0.123. The van der Waals surface area contributed by atoms with Crippen molar-refractivity contribution in [2.24, 2.45) is 11.7 Å². The molecule has 1 saturated carbocycles. The Morgan fingerprint density at radius 1 is 1.20 bits per heavy atom. The molecule has 25 heavy (non-hydrogen) atoms. The van der Waals surface area contributed by atoms with Crippen molar-refractivity contribution < 1.29 is 14.3 Å². The predicted octanol–water partition coefficient (Wildman–Crippen LogP) is 1.90. The molecule has 4 N–H and O–H groups in total. The number of carbonyl (C=O) groups is 2. The molecule has 0 aliphatic heterocycles. The average molecular weight is 393 g/mol. The molecule has 0 spiro atoms. The lowest BCUT2D eigenvalue weighted by atomic mass is 9.90. The molecule has 7 nitrogen and oxygen atoms in total. The van der Waals surface area contributed by atoms with Gasteiger partial charge in [0.2, 0.25) is 11.8 Å². The molecule has 0 atom stereocenters. The second-order valence-electron chi connectivity index (χ2n) is 5.69. The molecule has 0 unspecified atom stereocenters. The monoisotopic (exact) mass is 392 g/mol. The third-order valence-corrected chi connectivity index (χ3v) is 3.86. The number of pyridine rings is 1. The summed E-state index contributed by atoms with van der Waals surface area (Å²) in [6.45, 7) is 0.347. The SMILES string of the molecule is Cl.Cl.NCC(=O)NCC(=O)Nc1ncccc1OCC1CCCCC1. The van der Waals surface area contributed by atoms with Gasteiger partial charge in [0.25, 0.3) is 0 Å². The third-order valence-electron chi connectivity index (χ3n) is 3.86. The van der Waals surface area contributed by atoms with Crippen LogP contribution in [0.2, 0.25) is 0 Å². The van der Waals surface area contributed by atoms with Gasteiger partial charge in [-0.2, -0.15) is 0 Å². The predicted molar refractivity (Wildman–Crippen MR) is 101 cm³/mol. The van der Waals surface area contributed by atoms with Crippen LogP contribution >= 0.6 is 24.8 Å². The quantitative estimate of drug-likeness (QED) is 0.656. The van der Waals surface area contributed by atoms with Crippen LogP contribution < -0.4 is 21.1 Å². The van der Waals surface area contributed by atoms with Crippen LogP contribution in [0.15, 0.2) is 18.3 Å². The van der Waals surface area contributed by atoms with E-state index >= 15 is 0 Å². The number of nitrogens with two attached hydrogens (primary N) is 1. The van der Waals surface area contributed by atoms with Crippen LogP contribution in [-0.4, -0.2) is 36.5 Å². The number of hydrogen-bond acceptors (Lipinski definition) is 5. The van der Waals surface area contributed by atoms with Gasteiger partial charge in [-0.25, -0.2) is 4.98 Å². The third kappa shape index (κ3) is 8.38. The van der Waals surface area contributed by atoms with Crippen molar-refractivity contribution in [1.82, 2.24) is 10.3 Å². The highest BCUT2D eigenvalue weighted by molar-refractivity contribution is 5.94.